The maximum Gasteiger partial charge on any atom is 0.148 e. The Kier molecular flexibility index (Phi) is 2.24. The Morgan fingerprint density at radius 2 is 2.14 bits per heavy atom. The molecule has 2 N–H and O–H groups in total. The third kappa shape index (κ3) is 1.49. The van der Waals surface area contributed by atoms with Gasteiger partial charge in [0, 0.05) is 6.54 Å². The van der Waals surface area contributed by atoms with Crippen molar-refractivity contribution < 1.29 is 4.39 Å². The molecule has 5 heteroatoms. The van der Waals surface area contributed by atoms with Crippen molar-refractivity contribution in [3.63, 3.8) is 0 Å². The zero-order valence-corrected chi connectivity index (χ0v) is 7.39. The molecule has 2 aromatic rings. The van der Waals surface area contributed by atoms with Gasteiger partial charge in [-0.05, 0) is 12.1 Å². The summed E-state index contributed by atoms with van der Waals surface area (Å²) < 4.78 is 14.6. The molecule has 0 unspecified atom stereocenters. The molecule has 1 heterocycles. The largest absolute Gasteiger partial charge is 0.325 e. The topological polar surface area (TPSA) is 56.7 Å². The summed E-state index contributed by atoms with van der Waals surface area (Å²) in [5.74, 6) is -0.332. The lowest BCUT2D eigenvalue weighted by molar-refractivity contribution is 0.607. The molecule has 0 amide bonds. The van der Waals surface area contributed by atoms with Crippen LogP contribution in [0.4, 0.5) is 4.39 Å². The molecule has 0 fully saturated rings. The number of halogens is 1. The zero-order valence-electron chi connectivity index (χ0n) is 7.39. The summed E-state index contributed by atoms with van der Waals surface area (Å²) in [7, 11) is 0. The van der Waals surface area contributed by atoms with E-state index in [1.807, 2.05) is 0 Å². The summed E-state index contributed by atoms with van der Waals surface area (Å²) in [4.78, 5) is 0. The second-order valence-corrected chi connectivity index (χ2v) is 2.81. The van der Waals surface area contributed by atoms with E-state index in [1.54, 1.807) is 24.4 Å². The lowest BCUT2D eigenvalue weighted by atomic mass is 10.3. The Balaban J connectivity index is 2.44. The van der Waals surface area contributed by atoms with Crippen LogP contribution < -0.4 is 5.73 Å². The number of aromatic nitrogens is 3. The molecule has 4 nitrogen and oxygen atoms in total. The van der Waals surface area contributed by atoms with E-state index in [4.69, 9.17) is 5.73 Å². The summed E-state index contributed by atoms with van der Waals surface area (Å²) in [6.45, 7) is 0.300. The lowest BCUT2D eigenvalue weighted by Gasteiger charge is -1.99. The van der Waals surface area contributed by atoms with Gasteiger partial charge in [0.15, 0.2) is 0 Å². The highest BCUT2D eigenvalue weighted by molar-refractivity contribution is 5.32. The van der Waals surface area contributed by atoms with Crippen molar-refractivity contribution >= 4 is 0 Å². The van der Waals surface area contributed by atoms with Crippen LogP contribution in [0.15, 0.2) is 30.5 Å². The fourth-order valence-electron chi connectivity index (χ4n) is 1.15. The molecule has 0 aliphatic rings. The number of benzene rings is 1. The Morgan fingerprint density at radius 1 is 1.36 bits per heavy atom. The Morgan fingerprint density at radius 3 is 2.79 bits per heavy atom. The summed E-state index contributed by atoms with van der Waals surface area (Å²) in [5.41, 5.74) is 6.38. The third-order valence-corrected chi connectivity index (χ3v) is 1.85. The molecule has 0 radical (unpaired) electrons. The Labute approximate surface area is 80.2 Å². The van der Waals surface area contributed by atoms with E-state index in [-0.39, 0.29) is 5.82 Å². The van der Waals surface area contributed by atoms with E-state index in [9.17, 15) is 4.39 Å². The van der Waals surface area contributed by atoms with Gasteiger partial charge in [0.05, 0.1) is 11.9 Å². The van der Waals surface area contributed by atoms with Gasteiger partial charge < -0.3 is 5.73 Å². The molecule has 0 aliphatic heterocycles. The molecule has 1 aromatic carbocycles. The van der Waals surface area contributed by atoms with Gasteiger partial charge in [-0.15, -0.1) is 5.10 Å². The van der Waals surface area contributed by atoms with Gasteiger partial charge in [0.2, 0.25) is 0 Å². The van der Waals surface area contributed by atoms with E-state index < -0.39 is 0 Å². The average molecular weight is 192 g/mol. The average Bonchev–Trinajstić information content (AvgIpc) is 2.67. The molecule has 0 spiro atoms. The predicted octanol–water partition coefficient (Wildman–Crippen LogP) is 0.865. The van der Waals surface area contributed by atoms with E-state index in [1.165, 1.54) is 10.7 Å². The first-order valence-electron chi connectivity index (χ1n) is 4.17. The second kappa shape index (κ2) is 3.55. The number of hydrogen-bond acceptors (Lipinski definition) is 3. The molecule has 0 aliphatic carbocycles. The maximum atomic E-state index is 13.3. The molecule has 0 saturated heterocycles. The minimum atomic E-state index is -0.332. The first kappa shape index (κ1) is 8.83. The first-order valence-corrected chi connectivity index (χ1v) is 4.17. The number of hydrogen-bond donors (Lipinski definition) is 1. The van der Waals surface area contributed by atoms with Crippen LogP contribution in [0.1, 0.15) is 5.69 Å². The van der Waals surface area contributed by atoms with Crippen molar-refractivity contribution in [3.05, 3.63) is 42.0 Å². The van der Waals surface area contributed by atoms with Crippen molar-refractivity contribution in [2.75, 3.05) is 0 Å². The minimum absolute atomic E-state index is 0.300. The van der Waals surface area contributed by atoms with E-state index >= 15 is 0 Å². The summed E-state index contributed by atoms with van der Waals surface area (Å²) >= 11 is 0. The van der Waals surface area contributed by atoms with E-state index in [0.717, 1.165) is 0 Å². The van der Waals surface area contributed by atoms with Gasteiger partial charge in [-0.1, -0.05) is 17.3 Å². The number of nitrogens with two attached hydrogens (primary N) is 1. The monoisotopic (exact) mass is 192 g/mol. The standard InChI is InChI=1S/C9H9FN4/c10-8-3-1-2-4-9(8)14-6-7(5-11)12-13-14/h1-4,6H,5,11H2. The molecule has 0 atom stereocenters. The molecule has 2 rings (SSSR count). The fourth-order valence-corrected chi connectivity index (χ4v) is 1.15. The highest BCUT2D eigenvalue weighted by atomic mass is 19.1. The molecule has 1 aromatic heterocycles. The van der Waals surface area contributed by atoms with Gasteiger partial charge in [0.25, 0.3) is 0 Å². The zero-order chi connectivity index (χ0) is 9.97. The molecular formula is C9H9FN4. The highest BCUT2D eigenvalue weighted by Gasteiger charge is 2.05. The molecule has 14 heavy (non-hydrogen) atoms. The Bertz CT molecular complexity index is 438. The van der Waals surface area contributed by atoms with Gasteiger partial charge in [-0.25, -0.2) is 9.07 Å². The van der Waals surface area contributed by atoms with Gasteiger partial charge in [-0.3, -0.25) is 0 Å². The van der Waals surface area contributed by atoms with Crippen molar-refractivity contribution in [3.8, 4) is 5.69 Å². The number of nitrogens with zero attached hydrogens (tertiary/aromatic N) is 3. The predicted molar refractivity (Wildman–Crippen MR) is 49.2 cm³/mol. The van der Waals surface area contributed by atoms with Gasteiger partial charge in [-0.2, -0.15) is 0 Å². The van der Waals surface area contributed by atoms with Crippen LogP contribution in [-0.2, 0) is 6.54 Å². The number of rotatable bonds is 2. The molecule has 0 bridgehead atoms. The fraction of sp³-hybridized carbons (Fsp3) is 0.111. The second-order valence-electron chi connectivity index (χ2n) is 2.81. The van der Waals surface area contributed by atoms with Crippen molar-refractivity contribution in [1.82, 2.24) is 15.0 Å². The number of para-hydroxylation sites is 1. The first-order chi connectivity index (χ1) is 6.81. The lowest BCUT2D eigenvalue weighted by Crippen LogP contribution is -1.98. The smallest absolute Gasteiger partial charge is 0.148 e. The van der Waals surface area contributed by atoms with Crippen molar-refractivity contribution in [2.45, 2.75) is 6.54 Å². The normalized spacial score (nSPS) is 10.4. The van der Waals surface area contributed by atoms with Gasteiger partial charge >= 0.3 is 0 Å². The van der Waals surface area contributed by atoms with Crippen LogP contribution in [0.5, 0.6) is 0 Å². The molecule has 0 saturated carbocycles. The Hall–Kier alpha value is -1.75. The highest BCUT2D eigenvalue weighted by Crippen LogP contribution is 2.10. The van der Waals surface area contributed by atoms with Crippen LogP contribution in [0.3, 0.4) is 0 Å². The van der Waals surface area contributed by atoms with Crippen LogP contribution in [0, 0.1) is 5.82 Å². The SMILES string of the molecule is NCc1cn(-c2ccccc2F)nn1. The third-order valence-electron chi connectivity index (χ3n) is 1.85. The minimum Gasteiger partial charge on any atom is -0.325 e. The van der Waals surface area contributed by atoms with Crippen molar-refractivity contribution in [1.29, 1.82) is 0 Å². The van der Waals surface area contributed by atoms with Crippen LogP contribution in [0.2, 0.25) is 0 Å². The van der Waals surface area contributed by atoms with Crippen LogP contribution >= 0.6 is 0 Å². The summed E-state index contributed by atoms with van der Waals surface area (Å²) in [5, 5.41) is 7.54. The molecule has 72 valence electrons. The molecular weight excluding hydrogens is 183 g/mol. The maximum absolute atomic E-state index is 13.3. The van der Waals surface area contributed by atoms with E-state index in [0.29, 0.717) is 17.9 Å². The van der Waals surface area contributed by atoms with Gasteiger partial charge in [0.1, 0.15) is 11.5 Å². The summed E-state index contributed by atoms with van der Waals surface area (Å²) in [6, 6.07) is 6.37. The quantitative estimate of drug-likeness (QED) is 0.767. The van der Waals surface area contributed by atoms with Crippen LogP contribution in [0.25, 0.3) is 5.69 Å². The van der Waals surface area contributed by atoms with Crippen molar-refractivity contribution in [2.24, 2.45) is 5.73 Å². The van der Waals surface area contributed by atoms with E-state index in [2.05, 4.69) is 10.3 Å². The van der Waals surface area contributed by atoms with Crippen LogP contribution in [-0.4, -0.2) is 15.0 Å². The summed E-state index contributed by atoms with van der Waals surface area (Å²) in [6.07, 6.45) is 1.61.